The van der Waals surface area contributed by atoms with E-state index in [1.807, 2.05) is 0 Å². The van der Waals surface area contributed by atoms with E-state index in [0.29, 0.717) is 0 Å². The lowest BCUT2D eigenvalue weighted by Gasteiger charge is -2.45. The van der Waals surface area contributed by atoms with Gasteiger partial charge in [-0.1, -0.05) is 0 Å². The Morgan fingerprint density at radius 2 is 1.78 bits per heavy atom. The van der Waals surface area contributed by atoms with Gasteiger partial charge in [-0.15, -0.1) is 0 Å². The number of aliphatic carboxylic acids is 1. The minimum atomic E-state index is -1.52. The molecule has 9 atom stereocenters. The molecule has 0 spiro atoms. The third kappa shape index (κ3) is 3.77. The number of aliphatic hydroxyl groups is 1. The van der Waals surface area contributed by atoms with E-state index in [9.17, 15) is 19.5 Å². The molecule has 0 aliphatic carbocycles. The second-order valence-electron chi connectivity index (χ2n) is 6.24. The molecule has 0 aromatic heterocycles. The standard InChI is InChI=1S/C15H20O12/c1-5(11(17)18)14-22-3-6-7(25-14)8-9(13(20)24-6)27-15(26-8)10(23-4-16)12(19)21-2/h4-10,13-15,20H,3H2,1-2H3,(H,17,18). The van der Waals surface area contributed by atoms with Gasteiger partial charge in [0.1, 0.15) is 30.3 Å². The Bertz CT molecular complexity index is 581. The fourth-order valence-electron chi connectivity index (χ4n) is 3.15. The van der Waals surface area contributed by atoms with Gasteiger partial charge in [0.25, 0.3) is 6.47 Å². The number of fused-ring (bicyclic) bond motifs is 3. The molecule has 0 aromatic carbocycles. The second kappa shape index (κ2) is 8.04. The van der Waals surface area contributed by atoms with Gasteiger partial charge in [0.2, 0.25) is 12.4 Å². The van der Waals surface area contributed by atoms with Crippen LogP contribution >= 0.6 is 0 Å². The number of rotatable bonds is 6. The first-order chi connectivity index (χ1) is 12.9. The van der Waals surface area contributed by atoms with Crippen LogP contribution in [0.15, 0.2) is 0 Å². The number of esters is 1. The van der Waals surface area contributed by atoms with Crippen LogP contribution in [0, 0.1) is 5.92 Å². The molecule has 9 unspecified atom stereocenters. The van der Waals surface area contributed by atoms with Gasteiger partial charge in [-0.05, 0) is 6.92 Å². The highest BCUT2D eigenvalue weighted by Gasteiger charge is 2.58. The molecule has 0 amide bonds. The first-order valence-electron chi connectivity index (χ1n) is 8.18. The molecular formula is C15H20O12. The van der Waals surface area contributed by atoms with Crippen molar-refractivity contribution in [3.05, 3.63) is 0 Å². The summed E-state index contributed by atoms with van der Waals surface area (Å²) in [6.07, 6.45) is -8.92. The summed E-state index contributed by atoms with van der Waals surface area (Å²) in [4.78, 5) is 33.6. The number of methoxy groups -OCH3 is 1. The lowest BCUT2D eigenvalue weighted by molar-refractivity contribution is -0.343. The van der Waals surface area contributed by atoms with Crippen LogP contribution in [0.25, 0.3) is 0 Å². The summed E-state index contributed by atoms with van der Waals surface area (Å²) in [5.41, 5.74) is 0. The highest BCUT2D eigenvalue weighted by Crippen LogP contribution is 2.38. The van der Waals surface area contributed by atoms with Crippen molar-refractivity contribution in [2.75, 3.05) is 13.7 Å². The van der Waals surface area contributed by atoms with Gasteiger partial charge in [0, 0.05) is 0 Å². The maximum atomic E-state index is 11.8. The number of carbonyl (C=O) groups is 3. The first kappa shape index (κ1) is 19.9. The van der Waals surface area contributed by atoms with E-state index in [1.165, 1.54) is 6.92 Å². The van der Waals surface area contributed by atoms with Crippen LogP contribution in [0.2, 0.25) is 0 Å². The molecule has 0 bridgehead atoms. The summed E-state index contributed by atoms with van der Waals surface area (Å²) in [7, 11) is 1.10. The molecule has 3 fully saturated rings. The maximum absolute atomic E-state index is 11.8. The maximum Gasteiger partial charge on any atom is 0.352 e. The van der Waals surface area contributed by atoms with Gasteiger partial charge >= 0.3 is 11.9 Å². The van der Waals surface area contributed by atoms with Crippen molar-refractivity contribution < 1.29 is 57.8 Å². The Balaban J connectivity index is 1.76. The molecule has 3 aliphatic heterocycles. The third-order valence-electron chi connectivity index (χ3n) is 4.59. The van der Waals surface area contributed by atoms with Crippen molar-refractivity contribution in [2.24, 2.45) is 5.92 Å². The zero-order valence-electron chi connectivity index (χ0n) is 14.5. The summed E-state index contributed by atoms with van der Waals surface area (Å²) < 4.78 is 36.8. The monoisotopic (exact) mass is 392 g/mol. The van der Waals surface area contributed by atoms with Gasteiger partial charge in [0.05, 0.1) is 13.7 Å². The number of aliphatic hydroxyl groups excluding tert-OH is 1. The molecule has 12 nitrogen and oxygen atoms in total. The van der Waals surface area contributed by atoms with Crippen LogP contribution in [0.5, 0.6) is 0 Å². The van der Waals surface area contributed by atoms with Crippen molar-refractivity contribution in [1.82, 2.24) is 0 Å². The quantitative estimate of drug-likeness (QED) is 0.379. The minimum Gasteiger partial charge on any atom is -0.481 e. The Hall–Kier alpha value is -1.83. The largest absolute Gasteiger partial charge is 0.481 e. The predicted octanol–water partition coefficient (Wildman–Crippen LogP) is -2.01. The van der Waals surface area contributed by atoms with E-state index in [-0.39, 0.29) is 13.1 Å². The first-order valence-corrected chi connectivity index (χ1v) is 8.18. The molecule has 12 heteroatoms. The van der Waals surface area contributed by atoms with E-state index in [0.717, 1.165) is 7.11 Å². The van der Waals surface area contributed by atoms with Crippen LogP contribution in [-0.2, 0) is 47.5 Å². The van der Waals surface area contributed by atoms with Crippen LogP contribution in [0.1, 0.15) is 6.92 Å². The third-order valence-corrected chi connectivity index (χ3v) is 4.59. The Morgan fingerprint density at radius 3 is 2.41 bits per heavy atom. The lowest BCUT2D eigenvalue weighted by Crippen LogP contribution is -2.62. The molecule has 3 aliphatic rings. The molecule has 152 valence electrons. The number of hydrogen-bond donors (Lipinski definition) is 2. The molecule has 27 heavy (non-hydrogen) atoms. The lowest BCUT2D eigenvalue weighted by atomic mass is 9.97. The van der Waals surface area contributed by atoms with Crippen molar-refractivity contribution in [3.8, 4) is 0 Å². The summed E-state index contributed by atoms with van der Waals surface area (Å²) in [5.74, 6) is -2.99. The van der Waals surface area contributed by atoms with E-state index in [1.54, 1.807) is 0 Å². The van der Waals surface area contributed by atoms with Gasteiger partial charge in [-0.3, -0.25) is 9.59 Å². The van der Waals surface area contributed by atoms with Crippen molar-refractivity contribution in [2.45, 2.75) is 56.3 Å². The molecule has 2 N–H and O–H groups in total. The number of carbonyl (C=O) groups excluding carboxylic acids is 2. The number of carboxylic acid groups (broad SMARTS) is 1. The highest BCUT2D eigenvalue weighted by atomic mass is 16.8. The van der Waals surface area contributed by atoms with Gasteiger partial charge in [0.15, 0.2) is 12.6 Å². The van der Waals surface area contributed by atoms with E-state index < -0.39 is 67.2 Å². The van der Waals surface area contributed by atoms with Crippen LogP contribution in [0.3, 0.4) is 0 Å². The predicted molar refractivity (Wildman–Crippen MR) is 78.8 cm³/mol. The Morgan fingerprint density at radius 1 is 1.11 bits per heavy atom. The van der Waals surface area contributed by atoms with Crippen LogP contribution < -0.4 is 0 Å². The number of hydrogen-bond acceptors (Lipinski definition) is 11. The fourth-order valence-corrected chi connectivity index (χ4v) is 3.15. The molecule has 3 saturated heterocycles. The normalized spacial score (nSPS) is 40.2. The average Bonchev–Trinajstić information content (AvgIpc) is 3.10. The minimum absolute atomic E-state index is 0.0352. The van der Waals surface area contributed by atoms with Crippen LogP contribution in [-0.4, -0.2) is 91.7 Å². The fraction of sp³-hybridized carbons (Fsp3) is 0.800. The zero-order chi connectivity index (χ0) is 19.7. The molecule has 3 heterocycles. The van der Waals surface area contributed by atoms with Crippen LogP contribution in [0.4, 0.5) is 0 Å². The molecule has 0 saturated carbocycles. The van der Waals surface area contributed by atoms with Gasteiger partial charge in [-0.2, -0.15) is 0 Å². The van der Waals surface area contributed by atoms with Gasteiger partial charge < -0.3 is 43.4 Å². The summed E-state index contributed by atoms with van der Waals surface area (Å²) in [6, 6.07) is 0. The molecular weight excluding hydrogens is 372 g/mol. The van der Waals surface area contributed by atoms with Crippen molar-refractivity contribution >= 4 is 18.4 Å². The zero-order valence-corrected chi connectivity index (χ0v) is 14.5. The second-order valence-corrected chi connectivity index (χ2v) is 6.24. The number of ether oxygens (including phenoxy) is 7. The molecule has 0 radical (unpaired) electrons. The van der Waals surface area contributed by atoms with E-state index >= 15 is 0 Å². The Labute approximate surface area is 153 Å². The topological polar surface area (TPSA) is 156 Å². The van der Waals surface area contributed by atoms with E-state index in [4.69, 9.17) is 28.8 Å². The molecule has 3 rings (SSSR count). The summed E-state index contributed by atoms with van der Waals surface area (Å²) in [6.45, 7) is 1.43. The smallest absolute Gasteiger partial charge is 0.352 e. The molecule has 0 aromatic rings. The van der Waals surface area contributed by atoms with E-state index in [2.05, 4.69) is 9.47 Å². The Kier molecular flexibility index (Phi) is 5.93. The van der Waals surface area contributed by atoms with Gasteiger partial charge in [-0.25, -0.2) is 4.79 Å². The SMILES string of the molecule is COC(=O)C(OC=O)C1OC2C(O)OC3COC(C(C)C(=O)O)OC3C2O1. The summed E-state index contributed by atoms with van der Waals surface area (Å²) in [5, 5.41) is 19.3. The van der Waals surface area contributed by atoms with Crippen molar-refractivity contribution in [1.29, 1.82) is 0 Å². The highest BCUT2D eigenvalue weighted by molar-refractivity contribution is 5.76. The number of carboxylic acids is 1. The van der Waals surface area contributed by atoms with Crippen molar-refractivity contribution in [3.63, 3.8) is 0 Å². The average molecular weight is 392 g/mol. The summed E-state index contributed by atoms with van der Waals surface area (Å²) >= 11 is 0.